The van der Waals surface area contributed by atoms with Gasteiger partial charge in [0.25, 0.3) is 0 Å². The normalized spacial score (nSPS) is 14.1. The Morgan fingerprint density at radius 2 is 1.62 bits per heavy atom. The van der Waals surface area contributed by atoms with Crippen LogP contribution in [-0.2, 0) is 16.6 Å². The molecule has 8 nitrogen and oxygen atoms in total. The second-order valence-corrected chi connectivity index (χ2v) is 14.9. The first-order valence-corrected chi connectivity index (χ1v) is 17.2. The van der Waals surface area contributed by atoms with Gasteiger partial charge in [0.15, 0.2) is 0 Å². The Morgan fingerprint density at radius 1 is 0.894 bits per heavy atom. The maximum Gasteiger partial charge on any atom is 0.330 e. The van der Waals surface area contributed by atoms with Gasteiger partial charge in [-0.2, -0.15) is 8.42 Å². The zero-order chi connectivity index (χ0) is 33.3. The first-order valence-electron chi connectivity index (χ1n) is 15.0. The van der Waals surface area contributed by atoms with E-state index in [1.54, 1.807) is 36.4 Å². The van der Waals surface area contributed by atoms with Crippen LogP contribution in [0.25, 0.3) is 28.1 Å². The highest BCUT2D eigenvalue weighted by molar-refractivity contribution is 7.91. The summed E-state index contributed by atoms with van der Waals surface area (Å²) >= 11 is 12.7. The van der Waals surface area contributed by atoms with Crippen molar-refractivity contribution in [3.8, 4) is 33.8 Å². The third-order valence-electron chi connectivity index (χ3n) is 7.70. The molecule has 4 aromatic carbocycles. The summed E-state index contributed by atoms with van der Waals surface area (Å²) in [6.07, 6.45) is 4.51. The molecule has 0 saturated carbocycles. The highest BCUT2D eigenvalue weighted by atomic mass is 35.5. The van der Waals surface area contributed by atoms with E-state index < -0.39 is 16.1 Å². The minimum atomic E-state index is -3.90. The molecule has 2 N–H and O–H groups in total. The van der Waals surface area contributed by atoms with Crippen molar-refractivity contribution in [2.75, 3.05) is 10.9 Å². The number of aliphatic hydroxyl groups is 1. The van der Waals surface area contributed by atoms with Crippen LogP contribution in [0.15, 0.2) is 109 Å². The summed E-state index contributed by atoms with van der Waals surface area (Å²) in [7, 11) is -3.90. The number of ether oxygens (including phenoxy) is 1. The van der Waals surface area contributed by atoms with Gasteiger partial charge in [0.2, 0.25) is 5.88 Å². The van der Waals surface area contributed by atoms with Crippen molar-refractivity contribution in [2.24, 2.45) is 5.41 Å². The Balaban J connectivity index is 1.28. The Labute approximate surface area is 285 Å². The van der Waals surface area contributed by atoms with Gasteiger partial charge in [0.1, 0.15) is 11.6 Å². The molecule has 1 aliphatic rings. The van der Waals surface area contributed by atoms with E-state index in [1.165, 1.54) is 0 Å². The van der Waals surface area contributed by atoms with Crippen LogP contribution in [0.1, 0.15) is 38.6 Å². The van der Waals surface area contributed by atoms with Crippen molar-refractivity contribution in [1.29, 1.82) is 0 Å². The van der Waals surface area contributed by atoms with Crippen LogP contribution in [0.2, 0.25) is 10.0 Å². The lowest BCUT2D eigenvalue weighted by Gasteiger charge is -2.18. The Hall–Kier alpha value is -4.44. The summed E-state index contributed by atoms with van der Waals surface area (Å²) < 4.78 is 35.8. The van der Waals surface area contributed by atoms with Gasteiger partial charge in [0.05, 0.1) is 29.2 Å². The fourth-order valence-corrected chi connectivity index (χ4v) is 6.75. The minimum absolute atomic E-state index is 0.213. The molecule has 0 spiro atoms. The number of nitrogens with one attached hydrogen (secondary N) is 1. The van der Waals surface area contributed by atoms with Crippen LogP contribution in [-0.4, -0.2) is 29.7 Å². The van der Waals surface area contributed by atoms with Crippen molar-refractivity contribution in [2.45, 2.75) is 33.6 Å². The summed E-state index contributed by atoms with van der Waals surface area (Å²) in [5.41, 5.74) is 5.96. The van der Waals surface area contributed by atoms with Crippen LogP contribution in [0, 0.1) is 5.41 Å². The van der Waals surface area contributed by atoms with Crippen molar-refractivity contribution in [3.63, 3.8) is 0 Å². The average molecular weight is 690 g/mol. The van der Waals surface area contributed by atoms with E-state index in [4.69, 9.17) is 32.9 Å². The number of nitrogens with zero attached hydrogens (tertiary/aromatic N) is 3. The molecule has 242 valence electrons. The van der Waals surface area contributed by atoms with E-state index >= 15 is 0 Å². The largest absolute Gasteiger partial charge is 0.494 e. The smallest absolute Gasteiger partial charge is 0.330 e. The molecule has 0 saturated heterocycles. The van der Waals surface area contributed by atoms with Gasteiger partial charge in [-0.25, -0.2) is 14.0 Å². The molecule has 2 heterocycles. The molecule has 1 aromatic heterocycles. The molecule has 11 heteroatoms. The van der Waals surface area contributed by atoms with Gasteiger partial charge >= 0.3 is 10.2 Å². The van der Waals surface area contributed by atoms with Crippen molar-refractivity contribution in [1.82, 2.24) is 14.3 Å². The van der Waals surface area contributed by atoms with E-state index in [0.717, 1.165) is 56.4 Å². The number of anilines is 1. The molecule has 6 rings (SSSR count). The lowest BCUT2D eigenvalue weighted by Crippen LogP contribution is -2.29. The zero-order valence-corrected chi connectivity index (χ0v) is 28.4. The number of rotatable bonds is 9. The van der Waals surface area contributed by atoms with Crippen LogP contribution in [0.4, 0.5) is 5.69 Å². The van der Waals surface area contributed by atoms with Gasteiger partial charge in [0, 0.05) is 28.9 Å². The first kappa shape index (κ1) is 32.5. The maximum absolute atomic E-state index is 12.4. The number of hydrogen-bond acceptors (Lipinski definition) is 5. The van der Waals surface area contributed by atoms with Crippen LogP contribution in [0.5, 0.6) is 5.75 Å². The number of benzene rings is 4. The van der Waals surface area contributed by atoms with Gasteiger partial charge in [-0.15, -0.1) is 0 Å². The van der Waals surface area contributed by atoms with E-state index in [2.05, 4.69) is 61.9 Å². The summed E-state index contributed by atoms with van der Waals surface area (Å²) in [4.78, 5) is 4.97. The van der Waals surface area contributed by atoms with Gasteiger partial charge < -0.3 is 14.4 Å². The standard InChI is InChI=1S/C36H34Cl2N4O4S/c1-36(2,3)17-18-46-30-6-4-5-26(20-30)25-9-7-24(8-10-25)19-34-39-33(31-16-11-27(37)21-32(31)38)22-41(34)28-12-14-29(15-13-28)42-23-35(43)40-47(42,44)45/h4-16,20-23,40,43H,17-19H2,1-3H3. The lowest BCUT2D eigenvalue weighted by atomic mass is 9.93. The second-order valence-electron chi connectivity index (χ2n) is 12.5. The molecule has 0 aliphatic carbocycles. The predicted octanol–water partition coefficient (Wildman–Crippen LogP) is 8.93. The number of halogens is 2. The number of aliphatic hydroxyl groups excluding tert-OH is 1. The van der Waals surface area contributed by atoms with Crippen LogP contribution >= 0.6 is 23.2 Å². The molecular weight excluding hydrogens is 655 g/mol. The molecule has 1 aliphatic heterocycles. The molecular formula is C36H34Cl2N4O4S. The molecule has 5 aromatic rings. The van der Waals surface area contributed by atoms with Crippen molar-refractivity contribution in [3.05, 3.63) is 131 Å². The molecule has 0 atom stereocenters. The molecule has 0 amide bonds. The first-order chi connectivity index (χ1) is 22.3. The van der Waals surface area contributed by atoms with Crippen LogP contribution < -0.4 is 13.8 Å². The highest BCUT2D eigenvalue weighted by Gasteiger charge is 2.28. The SMILES string of the molecule is CC(C)(C)CCOc1cccc(-c2ccc(Cc3nc(-c4ccc(Cl)cc4Cl)cn3-c3ccc(N4C=C(O)NS4(=O)=O)cc3)cc2)c1. The lowest BCUT2D eigenvalue weighted by molar-refractivity contribution is 0.243. The number of hydrogen-bond donors (Lipinski definition) is 2. The Morgan fingerprint density at radius 3 is 2.28 bits per heavy atom. The molecule has 0 fully saturated rings. The minimum Gasteiger partial charge on any atom is -0.494 e. The quantitative estimate of drug-likeness (QED) is 0.161. The second kappa shape index (κ2) is 13.0. The van der Waals surface area contributed by atoms with Gasteiger partial charge in [-0.3, -0.25) is 0 Å². The molecule has 0 unspecified atom stereocenters. The molecule has 47 heavy (non-hydrogen) atoms. The summed E-state index contributed by atoms with van der Waals surface area (Å²) in [5, 5.41) is 10.7. The number of aromatic nitrogens is 2. The number of imidazole rings is 1. The Bertz CT molecular complexity index is 2050. The zero-order valence-electron chi connectivity index (χ0n) is 26.1. The van der Waals surface area contributed by atoms with E-state index in [0.29, 0.717) is 34.5 Å². The van der Waals surface area contributed by atoms with Crippen molar-refractivity contribution >= 4 is 39.1 Å². The van der Waals surface area contributed by atoms with Crippen molar-refractivity contribution < 1.29 is 18.3 Å². The van der Waals surface area contributed by atoms with E-state index in [1.807, 2.05) is 29.0 Å². The summed E-state index contributed by atoms with van der Waals surface area (Å²) in [6, 6.07) is 28.7. The highest BCUT2D eigenvalue weighted by Crippen LogP contribution is 2.33. The fraction of sp³-hybridized carbons (Fsp3) is 0.194. The topological polar surface area (TPSA) is 96.7 Å². The predicted molar refractivity (Wildman–Crippen MR) is 189 cm³/mol. The van der Waals surface area contributed by atoms with Gasteiger partial charge in [-0.05, 0) is 83.1 Å². The summed E-state index contributed by atoms with van der Waals surface area (Å²) in [6.45, 7) is 7.28. The molecule has 0 bridgehead atoms. The van der Waals surface area contributed by atoms with Gasteiger partial charge in [-0.1, -0.05) is 80.4 Å². The van der Waals surface area contributed by atoms with Crippen LogP contribution in [0.3, 0.4) is 0 Å². The summed E-state index contributed by atoms with van der Waals surface area (Å²) in [5.74, 6) is 1.16. The third-order valence-corrected chi connectivity index (χ3v) is 9.55. The third kappa shape index (κ3) is 7.59. The van der Waals surface area contributed by atoms with E-state index in [-0.39, 0.29) is 5.41 Å². The van der Waals surface area contributed by atoms with E-state index in [9.17, 15) is 13.5 Å². The Kier molecular flexibility index (Phi) is 8.98. The average Bonchev–Trinajstić information content (AvgIpc) is 3.55. The maximum atomic E-state index is 12.4. The molecule has 0 radical (unpaired) electrons. The monoisotopic (exact) mass is 688 g/mol. The fourth-order valence-electron chi connectivity index (χ4n) is 5.19.